The van der Waals surface area contributed by atoms with E-state index in [4.69, 9.17) is 4.74 Å². The van der Waals surface area contributed by atoms with Gasteiger partial charge in [-0.2, -0.15) is 0 Å². The zero-order valence-electron chi connectivity index (χ0n) is 16.4. The van der Waals surface area contributed by atoms with Gasteiger partial charge in [0.25, 0.3) is 0 Å². The van der Waals surface area contributed by atoms with Crippen LogP contribution in [0, 0.1) is 0 Å². The van der Waals surface area contributed by atoms with E-state index < -0.39 is 35.9 Å². The lowest BCUT2D eigenvalue weighted by Gasteiger charge is -2.25. The van der Waals surface area contributed by atoms with E-state index in [0.29, 0.717) is 6.42 Å². The molecule has 1 N–H and O–H groups in total. The number of carboxylic acids is 1. The number of carbonyl (C=O) groups excluding carboxylic acids is 3. The summed E-state index contributed by atoms with van der Waals surface area (Å²) in [7, 11) is 0. The zero-order chi connectivity index (χ0) is 20.8. The van der Waals surface area contributed by atoms with Crippen LogP contribution in [0.2, 0.25) is 0 Å². The Morgan fingerprint density at radius 2 is 1.50 bits per heavy atom. The summed E-state index contributed by atoms with van der Waals surface area (Å²) < 4.78 is 5.04. The van der Waals surface area contributed by atoms with Crippen molar-refractivity contribution < 1.29 is 38.8 Å². The molecule has 0 aromatic rings. The molecule has 0 spiro atoms. The van der Waals surface area contributed by atoms with Crippen LogP contribution in [-0.2, 0) is 33.7 Å². The maximum absolute atomic E-state index is 11.9. The fraction of sp³-hybridized carbons (Fsp3) is 0.700. The average molecular weight is 398 g/mol. The summed E-state index contributed by atoms with van der Waals surface area (Å²) in [4.78, 5) is 55.1. The Labute approximate surface area is 165 Å². The molecule has 158 valence electrons. The van der Waals surface area contributed by atoms with Crippen molar-refractivity contribution >= 4 is 23.9 Å². The van der Waals surface area contributed by atoms with Crippen LogP contribution in [0.25, 0.3) is 0 Å². The molecular formula is C20H30O8. The fourth-order valence-electron chi connectivity index (χ4n) is 2.83. The van der Waals surface area contributed by atoms with Crippen molar-refractivity contribution in [1.29, 1.82) is 0 Å². The van der Waals surface area contributed by atoms with Gasteiger partial charge in [-0.25, -0.2) is 24.2 Å². The summed E-state index contributed by atoms with van der Waals surface area (Å²) in [6, 6.07) is 0. The van der Waals surface area contributed by atoms with Gasteiger partial charge >= 0.3 is 23.9 Å². The van der Waals surface area contributed by atoms with Crippen molar-refractivity contribution in [2.24, 2.45) is 0 Å². The van der Waals surface area contributed by atoms with E-state index in [1.807, 2.05) is 0 Å². The fourth-order valence-corrected chi connectivity index (χ4v) is 2.83. The van der Waals surface area contributed by atoms with Crippen molar-refractivity contribution in [3.63, 3.8) is 0 Å². The molecule has 0 saturated carbocycles. The first kappa shape index (κ1) is 23.7. The number of hydrogen-bond acceptors (Lipinski definition) is 7. The molecule has 0 aliphatic carbocycles. The third-order valence-corrected chi connectivity index (χ3v) is 4.44. The van der Waals surface area contributed by atoms with Gasteiger partial charge in [-0.3, -0.25) is 4.79 Å². The minimum absolute atomic E-state index is 0.364. The molecular weight excluding hydrogens is 368 g/mol. The van der Waals surface area contributed by atoms with Crippen molar-refractivity contribution in [2.75, 3.05) is 0 Å². The van der Waals surface area contributed by atoms with Gasteiger partial charge in [-0.1, -0.05) is 57.9 Å². The van der Waals surface area contributed by atoms with Crippen LogP contribution in [0.4, 0.5) is 0 Å². The van der Waals surface area contributed by atoms with Crippen LogP contribution in [0.3, 0.4) is 0 Å². The second kappa shape index (κ2) is 12.9. The number of carboxylic acid groups (broad SMARTS) is 1. The Bertz CT molecular complexity index is 543. The number of rotatable bonds is 11. The lowest BCUT2D eigenvalue weighted by molar-refractivity contribution is -0.262. The van der Waals surface area contributed by atoms with Gasteiger partial charge in [0.15, 0.2) is 0 Å². The van der Waals surface area contributed by atoms with Gasteiger partial charge in [0.05, 0.1) is 12.8 Å². The predicted molar refractivity (Wildman–Crippen MR) is 98.9 cm³/mol. The van der Waals surface area contributed by atoms with E-state index in [2.05, 4.69) is 16.7 Å². The second-order valence-corrected chi connectivity index (χ2v) is 6.92. The molecule has 0 amide bonds. The highest BCUT2D eigenvalue weighted by Crippen LogP contribution is 2.23. The third-order valence-electron chi connectivity index (χ3n) is 4.44. The van der Waals surface area contributed by atoms with Crippen LogP contribution in [-0.4, -0.2) is 34.6 Å². The van der Waals surface area contributed by atoms with Crippen LogP contribution in [0.15, 0.2) is 12.2 Å². The maximum atomic E-state index is 11.9. The number of hydrogen-bond donors (Lipinski definition) is 1. The van der Waals surface area contributed by atoms with Crippen molar-refractivity contribution in [3.05, 3.63) is 12.2 Å². The molecule has 1 fully saturated rings. The molecule has 1 heterocycles. The summed E-state index contributed by atoms with van der Waals surface area (Å²) in [5.41, 5.74) is -2.17. The van der Waals surface area contributed by atoms with Crippen molar-refractivity contribution in [3.8, 4) is 0 Å². The molecule has 0 aromatic heterocycles. The van der Waals surface area contributed by atoms with Crippen molar-refractivity contribution in [1.82, 2.24) is 0 Å². The normalized spacial score (nSPS) is 21.1. The molecule has 1 aliphatic heterocycles. The van der Waals surface area contributed by atoms with Gasteiger partial charge in [-0.05, 0) is 18.9 Å². The molecule has 0 bridgehead atoms. The monoisotopic (exact) mass is 398 g/mol. The number of unbranched alkanes of at least 4 members (excludes halogenated alkanes) is 8. The smallest absolute Gasteiger partial charge is 0.360 e. The predicted octanol–water partition coefficient (Wildman–Crippen LogP) is 3.63. The molecule has 8 heteroatoms. The van der Waals surface area contributed by atoms with Gasteiger partial charge < -0.3 is 9.84 Å². The van der Waals surface area contributed by atoms with Crippen LogP contribution >= 0.6 is 0 Å². The van der Waals surface area contributed by atoms with E-state index in [0.717, 1.165) is 19.3 Å². The number of aliphatic carboxylic acids is 1. The van der Waals surface area contributed by atoms with E-state index in [9.17, 15) is 24.3 Å². The molecule has 1 aliphatic rings. The first-order valence-corrected chi connectivity index (χ1v) is 9.92. The summed E-state index contributed by atoms with van der Waals surface area (Å²) in [6.45, 7) is 2.18. The van der Waals surface area contributed by atoms with Crippen molar-refractivity contribution in [2.45, 2.75) is 89.6 Å². The topological polar surface area (TPSA) is 116 Å². The Balaban J connectivity index is 2.57. The summed E-state index contributed by atoms with van der Waals surface area (Å²) in [5, 5.41) is 9.55. The van der Waals surface area contributed by atoms with Crippen LogP contribution in [0.1, 0.15) is 84.0 Å². The first-order chi connectivity index (χ1) is 13.4. The molecule has 1 unspecified atom stereocenters. The highest BCUT2D eigenvalue weighted by Gasteiger charge is 2.44. The summed E-state index contributed by atoms with van der Waals surface area (Å²) in [6.07, 6.45) is 11.1. The standard InChI is InChI=1S/C20H30O8/c1-2-3-4-5-6-7-8-9-10-11-14-20(19(24)25)15-18(23)28-27-17(22)13-12-16(21)26-20/h11,14H,2-10,12-13,15H2,1H3,(H,24,25)/b14-11+. The lowest BCUT2D eigenvalue weighted by Crippen LogP contribution is -2.44. The molecule has 1 saturated heterocycles. The number of allylic oxidation sites excluding steroid dienone is 1. The lowest BCUT2D eigenvalue weighted by atomic mass is 9.97. The van der Waals surface area contributed by atoms with E-state index in [1.54, 1.807) is 6.08 Å². The summed E-state index contributed by atoms with van der Waals surface area (Å²) in [5.74, 6) is -4.40. The Morgan fingerprint density at radius 3 is 2.14 bits per heavy atom. The minimum Gasteiger partial charge on any atom is -0.478 e. The van der Waals surface area contributed by atoms with Crippen LogP contribution < -0.4 is 0 Å². The second-order valence-electron chi connectivity index (χ2n) is 6.92. The van der Waals surface area contributed by atoms with Crippen LogP contribution in [0.5, 0.6) is 0 Å². The van der Waals surface area contributed by atoms with E-state index in [1.165, 1.54) is 38.2 Å². The Morgan fingerprint density at radius 1 is 0.929 bits per heavy atom. The molecule has 0 aromatic carbocycles. The van der Waals surface area contributed by atoms with E-state index in [-0.39, 0.29) is 12.8 Å². The highest BCUT2D eigenvalue weighted by atomic mass is 17.2. The van der Waals surface area contributed by atoms with Gasteiger partial charge in [0, 0.05) is 0 Å². The summed E-state index contributed by atoms with van der Waals surface area (Å²) >= 11 is 0. The van der Waals surface area contributed by atoms with Gasteiger partial charge in [0.2, 0.25) is 5.60 Å². The molecule has 1 rings (SSSR count). The Hall–Kier alpha value is -2.38. The minimum atomic E-state index is -2.17. The SMILES string of the molecule is CCCCCCCCCC/C=C/C1(C(=O)O)CC(=O)OOC(=O)CCC(=O)O1. The first-order valence-electron chi connectivity index (χ1n) is 9.92. The van der Waals surface area contributed by atoms with E-state index >= 15 is 0 Å². The number of esters is 1. The number of carbonyl (C=O) groups is 4. The molecule has 8 nitrogen and oxygen atoms in total. The number of cyclic esters (lactones) is 1. The number of ether oxygens (including phenoxy) is 1. The molecule has 28 heavy (non-hydrogen) atoms. The molecule has 1 atom stereocenters. The third kappa shape index (κ3) is 9.01. The highest BCUT2D eigenvalue weighted by molar-refractivity contribution is 5.90. The zero-order valence-corrected chi connectivity index (χ0v) is 16.4. The van der Waals surface area contributed by atoms with Gasteiger partial charge in [0.1, 0.15) is 6.42 Å². The molecule has 0 radical (unpaired) electrons. The average Bonchev–Trinajstić information content (AvgIpc) is 2.65. The maximum Gasteiger partial charge on any atom is 0.360 e. The Kier molecular flexibility index (Phi) is 10.9. The quantitative estimate of drug-likeness (QED) is 0.243. The largest absolute Gasteiger partial charge is 0.478 e. The van der Waals surface area contributed by atoms with Gasteiger partial charge in [-0.15, -0.1) is 0 Å².